The third kappa shape index (κ3) is 9.67. The summed E-state index contributed by atoms with van der Waals surface area (Å²) in [6.45, 7) is 2.29. The van der Waals surface area contributed by atoms with Crippen molar-refractivity contribution < 1.29 is 0 Å². The SMILES string of the molecule is CCCCCCCCCC/C(=C/[Se]c1ccccc1)Sc1ccccc1. The summed E-state index contributed by atoms with van der Waals surface area (Å²) in [6.07, 6.45) is 12.3. The molecule has 0 amide bonds. The van der Waals surface area contributed by atoms with E-state index < -0.39 is 0 Å². The molecule has 2 heteroatoms. The maximum atomic E-state index is 2.50. The van der Waals surface area contributed by atoms with Gasteiger partial charge in [0.05, 0.1) is 0 Å². The molecule has 2 aromatic carbocycles. The molecule has 0 fully saturated rings. The Morgan fingerprint density at radius 2 is 1.35 bits per heavy atom. The topological polar surface area (TPSA) is 0 Å². The van der Waals surface area contributed by atoms with Gasteiger partial charge in [0.15, 0.2) is 0 Å². The van der Waals surface area contributed by atoms with Crippen molar-refractivity contribution in [2.24, 2.45) is 0 Å². The number of unbranched alkanes of at least 4 members (excludes halogenated alkanes) is 7. The molecule has 0 atom stereocenters. The van der Waals surface area contributed by atoms with Crippen LogP contribution >= 0.6 is 11.8 Å². The molecular weight excluding hydrogens is 399 g/mol. The van der Waals surface area contributed by atoms with Crippen LogP contribution in [0.5, 0.6) is 0 Å². The normalized spacial score (nSPS) is 11.7. The zero-order valence-electron chi connectivity index (χ0n) is 16.0. The molecule has 2 aromatic rings. The number of benzene rings is 2. The van der Waals surface area contributed by atoms with Crippen LogP contribution in [0.4, 0.5) is 0 Å². The van der Waals surface area contributed by atoms with Crippen LogP contribution in [0.3, 0.4) is 0 Å². The molecular formula is C24H32SSe. The van der Waals surface area contributed by atoms with Crippen LogP contribution in [-0.2, 0) is 0 Å². The molecule has 0 aliphatic carbocycles. The van der Waals surface area contributed by atoms with Crippen molar-refractivity contribution in [1.29, 1.82) is 0 Å². The monoisotopic (exact) mass is 432 g/mol. The number of hydrogen-bond acceptors (Lipinski definition) is 1. The Kier molecular flexibility index (Phi) is 11.6. The third-order valence-corrected chi connectivity index (χ3v) is 7.75. The van der Waals surface area contributed by atoms with Crippen LogP contribution in [0.1, 0.15) is 64.7 Å². The van der Waals surface area contributed by atoms with Crippen molar-refractivity contribution in [1.82, 2.24) is 0 Å². The van der Waals surface area contributed by atoms with Crippen LogP contribution in [0, 0.1) is 0 Å². The second kappa shape index (κ2) is 14.1. The second-order valence-corrected chi connectivity index (χ2v) is 9.83. The van der Waals surface area contributed by atoms with Crippen LogP contribution in [0.2, 0.25) is 0 Å². The summed E-state index contributed by atoms with van der Waals surface area (Å²) in [5, 5.41) is 0. The third-order valence-electron chi connectivity index (χ3n) is 4.34. The van der Waals surface area contributed by atoms with E-state index in [4.69, 9.17) is 0 Å². The van der Waals surface area contributed by atoms with Crippen molar-refractivity contribution >= 4 is 31.2 Å². The van der Waals surface area contributed by atoms with Gasteiger partial charge in [-0.15, -0.1) is 0 Å². The van der Waals surface area contributed by atoms with Gasteiger partial charge in [0, 0.05) is 0 Å². The molecule has 0 radical (unpaired) electrons. The van der Waals surface area contributed by atoms with Crippen molar-refractivity contribution in [3.05, 3.63) is 70.5 Å². The quantitative estimate of drug-likeness (QED) is 0.184. The Bertz CT molecular complexity index is 607. The minimum atomic E-state index is 0.429. The number of allylic oxidation sites excluding steroid dienone is 1. The molecule has 0 saturated carbocycles. The number of hydrogen-bond donors (Lipinski definition) is 0. The first-order valence-corrected chi connectivity index (χ1v) is 12.7. The molecule has 0 nitrogen and oxygen atoms in total. The van der Waals surface area contributed by atoms with Gasteiger partial charge in [-0.05, 0) is 0 Å². The Morgan fingerprint density at radius 1 is 0.769 bits per heavy atom. The van der Waals surface area contributed by atoms with Gasteiger partial charge in [-0.2, -0.15) is 0 Å². The van der Waals surface area contributed by atoms with E-state index in [0.29, 0.717) is 15.0 Å². The molecule has 0 bridgehead atoms. The Balaban J connectivity index is 1.79. The van der Waals surface area contributed by atoms with Crippen molar-refractivity contribution in [2.45, 2.75) is 69.6 Å². The molecule has 0 aromatic heterocycles. The Labute approximate surface area is 171 Å². The average molecular weight is 432 g/mol. The minimum absolute atomic E-state index is 0.429. The second-order valence-electron chi connectivity index (χ2n) is 6.66. The van der Waals surface area contributed by atoms with Gasteiger partial charge in [0.1, 0.15) is 0 Å². The van der Waals surface area contributed by atoms with Gasteiger partial charge < -0.3 is 0 Å². The molecule has 0 unspecified atom stereocenters. The summed E-state index contributed by atoms with van der Waals surface area (Å²) < 4.78 is 1.46. The van der Waals surface area contributed by atoms with E-state index in [-0.39, 0.29) is 0 Å². The summed E-state index contributed by atoms with van der Waals surface area (Å²) in [6, 6.07) is 21.7. The van der Waals surface area contributed by atoms with E-state index >= 15 is 0 Å². The fraction of sp³-hybridized carbons (Fsp3) is 0.417. The van der Waals surface area contributed by atoms with Crippen molar-refractivity contribution in [3.8, 4) is 0 Å². The van der Waals surface area contributed by atoms with Gasteiger partial charge in [0.25, 0.3) is 0 Å². The summed E-state index contributed by atoms with van der Waals surface area (Å²) >= 11 is 2.39. The van der Waals surface area contributed by atoms with E-state index in [1.54, 1.807) is 4.91 Å². The van der Waals surface area contributed by atoms with Crippen LogP contribution in [0.25, 0.3) is 0 Å². The zero-order chi connectivity index (χ0) is 18.3. The van der Waals surface area contributed by atoms with Crippen LogP contribution in [0.15, 0.2) is 75.4 Å². The van der Waals surface area contributed by atoms with Gasteiger partial charge in [-0.1, -0.05) is 0 Å². The Hall–Kier alpha value is -0.951. The molecule has 0 saturated heterocycles. The predicted molar refractivity (Wildman–Crippen MR) is 119 cm³/mol. The average Bonchev–Trinajstić information content (AvgIpc) is 2.69. The molecule has 140 valence electrons. The van der Waals surface area contributed by atoms with E-state index in [1.807, 2.05) is 11.8 Å². The summed E-state index contributed by atoms with van der Waals surface area (Å²) in [4.78, 5) is 5.41. The molecule has 0 aliphatic heterocycles. The van der Waals surface area contributed by atoms with Crippen molar-refractivity contribution in [3.63, 3.8) is 0 Å². The van der Waals surface area contributed by atoms with Gasteiger partial charge in [0.2, 0.25) is 0 Å². The van der Waals surface area contributed by atoms with Crippen molar-refractivity contribution in [2.75, 3.05) is 0 Å². The maximum absolute atomic E-state index is 2.50. The van der Waals surface area contributed by atoms with Gasteiger partial charge in [-0.3, -0.25) is 0 Å². The zero-order valence-corrected chi connectivity index (χ0v) is 18.6. The summed E-state index contributed by atoms with van der Waals surface area (Å²) in [5.74, 6) is 0. The molecule has 0 N–H and O–H groups in total. The number of rotatable bonds is 13. The molecule has 26 heavy (non-hydrogen) atoms. The first-order chi connectivity index (χ1) is 12.9. The number of thioether (sulfide) groups is 1. The standard InChI is InChI=1S/C24H32SSe/c1-2-3-4-5-6-7-8-11-18-23(25-22-16-12-9-13-17-22)21-26-24-19-14-10-15-20-24/h9-10,12-17,19-21H,2-8,11,18H2,1H3/b23-21-. The van der Waals surface area contributed by atoms with E-state index in [2.05, 4.69) is 72.6 Å². The predicted octanol–water partition coefficient (Wildman–Crippen LogP) is 7.18. The van der Waals surface area contributed by atoms with Gasteiger partial charge >= 0.3 is 171 Å². The molecule has 2 rings (SSSR count). The fourth-order valence-corrected chi connectivity index (χ4v) is 5.75. The van der Waals surface area contributed by atoms with E-state index in [9.17, 15) is 0 Å². The first kappa shape index (κ1) is 21.4. The molecule has 0 spiro atoms. The summed E-state index contributed by atoms with van der Waals surface area (Å²) in [5.41, 5.74) is 0. The fourth-order valence-electron chi connectivity index (χ4n) is 2.84. The molecule has 0 aliphatic rings. The summed E-state index contributed by atoms with van der Waals surface area (Å²) in [7, 11) is 0. The van der Waals surface area contributed by atoms with E-state index in [0.717, 1.165) is 0 Å². The Morgan fingerprint density at radius 3 is 2.00 bits per heavy atom. The van der Waals surface area contributed by atoms with Gasteiger partial charge in [-0.25, -0.2) is 0 Å². The molecule has 0 heterocycles. The first-order valence-electron chi connectivity index (χ1n) is 10.0. The van der Waals surface area contributed by atoms with E-state index in [1.165, 1.54) is 67.1 Å². The van der Waals surface area contributed by atoms with Crippen LogP contribution in [-0.4, -0.2) is 15.0 Å². The van der Waals surface area contributed by atoms with Crippen LogP contribution < -0.4 is 4.46 Å².